The lowest BCUT2D eigenvalue weighted by Crippen LogP contribution is -2.32. The Morgan fingerprint density at radius 1 is 1.17 bits per heavy atom. The summed E-state index contributed by atoms with van der Waals surface area (Å²) in [4.78, 5) is 30.1. The highest BCUT2D eigenvalue weighted by Gasteiger charge is 2.46. The molecule has 2 aromatic rings. The largest absolute Gasteiger partial charge is 0.507 e. The summed E-state index contributed by atoms with van der Waals surface area (Å²) in [6.07, 6.45) is 2.40. The van der Waals surface area contributed by atoms with E-state index in [1.165, 1.54) is 0 Å². The molecule has 2 aliphatic heterocycles. The van der Waals surface area contributed by atoms with Crippen LogP contribution in [0.1, 0.15) is 42.5 Å². The van der Waals surface area contributed by atoms with Gasteiger partial charge in [-0.1, -0.05) is 6.07 Å². The number of likely N-dealkylation sites (tertiary alicyclic amines) is 1. The van der Waals surface area contributed by atoms with Crippen LogP contribution >= 0.6 is 0 Å². The Morgan fingerprint density at radius 3 is 2.69 bits per heavy atom. The van der Waals surface area contributed by atoms with Crippen LogP contribution in [-0.4, -0.2) is 74.1 Å². The normalized spacial score (nSPS) is 18.8. The van der Waals surface area contributed by atoms with Gasteiger partial charge in [0, 0.05) is 12.1 Å². The molecular weight excluding hydrogens is 460 g/mol. The number of benzene rings is 2. The fraction of sp³-hybridized carbons (Fsp3) is 0.429. The summed E-state index contributed by atoms with van der Waals surface area (Å²) in [5.74, 6) is 0.366. The minimum atomic E-state index is -0.746. The molecule has 2 aliphatic rings. The molecule has 0 aromatic heterocycles. The van der Waals surface area contributed by atoms with Gasteiger partial charge >= 0.3 is 0 Å². The van der Waals surface area contributed by atoms with Gasteiger partial charge in [-0.25, -0.2) is 0 Å². The maximum atomic E-state index is 13.3. The topological polar surface area (TPSA) is 88.5 Å². The number of ether oxygens (including phenoxy) is 3. The standard InChI is InChI=1S/C28H34N2O6/c1-5-35-22-12-9-19(17-23(22)34-4)25-24(27(32)28(33)30(25)14-7-13-29(2)3)26(31)20-10-11-21-18(16-20)8-6-15-36-21/h9-12,16-17,25,31H,5-8,13-15H2,1-4H3/b26-24+. The zero-order chi connectivity index (χ0) is 25.8. The maximum absolute atomic E-state index is 13.3. The number of nitrogens with zero attached hydrogens (tertiary/aromatic N) is 2. The average Bonchev–Trinajstić information content (AvgIpc) is 3.13. The highest BCUT2D eigenvalue weighted by Crippen LogP contribution is 2.42. The first-order valence-corrected chi connectivity index (χ1v) is 12.4. The van der Waals surface area contributed by atoms with Crippen LogP contribution < -0.4 is 14.2 Å². The Hall–Kier alpha value is -3.52. The highest BCUT2D eigenvalue weighted by molar-refractivity contribution is 6.46. The molecule has 2 aromatic carbocycles. The average molecular weight is 495 g/mol. The molecule has 36 heavy (non-hydrogen) atoms. The van der Waals surface area contributed by atoms with Crippen LogP contribution in [0.4, 0.5) is 0 Å². The van der Waals surface area contributed by atoms with Gasteiger partial charge in [0.2, 0.25) is 0 Å². The molecule has 0 bridgehead atoms. The number of rotatable bonds is 9. The van der Waals surface area contributed by atoms with Crippen LogP contribution in [0.25, 0.3) is 5.76 Å². The van der Waals surface area contributed by atoms with Gasteiger partial charge in [0.15, 0.2) is 11.5 Å². The number of hydrogen-bond acceptors (Lipinski definition) is 7. The molecular formula is C28H34N2O6. The second kappa shape index (κ2) is 11.0. The third-order valence-corrected chi connectivity index (χ3v) is 6.53. The van der Waals surface area contributed by atoms with Crippen molar-refractivity contribution in [2.75, 3.05) is 47.5 Å². The number of fused-ring (bicyclic) bond motifs is 1. The van der Waals surface area contributed by atoms with Crippen LogP contribution in [0.3, 0.4) is 0 Å². The van der Waals surface area contributed by atoms with Crippen LogP contribution in [0.15, 0.2) is 42.0 Å². The highest BCUT2D eigenvalue weighted by atomic mass is 16.5. The van der Waals surface area contributed by atoms with Gasteiger partial charge in [-0.15, -0.1) is 0 Å². The van der Waals surface area contributed by atoms with Gasteiger partial charge in [-0.05, 0) is 88.3 Å². The molecule has 0 spiro atoms. The van der Waals surface area contributed by atoms with E-state index >= 15 is 0 Å². The monoisotopic (exact) mass is 494 g/mol. The van der Waals surface area contributed by atoms with Crippen molar-refractivity contribution in [2.45, 2.75) is 32.2 Å². The van der Waals surface area contributed by atoms with Gasteiger partial charge < -0.3 is 29.1 Å². The van der Waals surface area contributed by atoms with E-state index < -0.39 is 17.7 Å². The van der Waals surface area contributed by atoms with Gasteiger partial charge in [-0.2, -0.15) is 0 Å². The number of amides is 1. The molecule has 1 amide bonds. The van der Waals surface area contributed by atoms with Crippen molar-refractivity contribution in [3.63, 3.8) is 0 Å². The fourth-order valence-electron chi connectivity index (χ4n) is 4.81. The summed E-state index contributed by atoms with van der Waals surface area (Å²) < 4.78 is 16.9. The Balaban J connectivity index is 1.81. The molecule has 1 N–H and O–H groups in total. The number of aliphatic hydroxyl groups is 1. The second-order valence-electron chi connectivity index (χ2n) is 9.27. The van der Waals surface area contributed by atoms with Gasteiger partial charge in [0.05, 0.1) is 31.9 Å². The number of ketones is 1. The first-order valence-electron chi connectivity index (χ1n) is 12.4. The van der Waals surface area contributed by atoms with E-state index in [-0.39, 0.29) is 11.3 Å². The second-order valence-corrected chi connectivity index (χ2v) is 9.27. The SMILES string of the molecule is CCOc1ccc(C2/C(=C(\O)c3ccc4c(c3)CCCO4)C(=O)C(=O)N2CCCN(C)C)cc1OC. The zero-order valence-electron chi connectivity index (χ0n) is 21.4. The van der Waals surface area contributed by atoms with E-state index in [1.807, 2.05) is 44.1 Å². The molecule has 0 aliphatic carbocycles. The summed E-state index contributed by atoms with van der Waals surface area (Å²) >= 11 is 0. The van der Waals surface area contributed by atoms with Crippen molar-refractivity contribution in [3.8, 4) is 17.2 Å². The third-order valence-electron chi connectivity index (χ3n) is 6.53. The van der Waals surface area contributed by atoms with Crippen LogP contribution in [0.2, 0.25) is 0 Å². The number of carbonyl (C=O) groups excluding carboxylic acids is 2. The molecule has 4 rings (SSSR count). The summed E-state index contributed by atoms with van der Waals surface area (Å²) in [5, 5.41) is 11.4. The van der Waals surface area contributed by atoms with Crippen molar-refractivity contribution < 1.29 is 28.9 Å². The van der Waals surface area contributed by atoms with Gasteiger partial charge in [0.1, 0.15) is 11.5 Å². The molecule has 192 valence electrons. The van der Waals surface area contributed by atoms with E-state index in [9.17, 15) is 14.7 Å². The number of hydrogen-bond donors (Lipinski definition) is 1. The van der Waals surface area contributed by atoms with E-state index in [1.54, 1.807) is 30.2 Å². The minimum absolute atomic E-state index is 0.0766. The maximum Gasteiger partial charge on any atom is 0.295 e. The van der Waals surface area contributed by atoms with Crippen LogP contribution in [-0.2, 0) is 16.0 Å². The first-order chi connectivity index (χ1) is 17.3. The lowest BCUT2D eigenvalue weighted by molar-refractivity contribution is -0.139. The molecule has 2 heterocycles. The summed E-state index contributed by atoms with van der Waals surface area (Å²) in [6.45, 7) is 4.15. The molecule has 1 fully saturated rings. The van der Waals surface area contributed by atoms with Gasteiger partial charge in [-0.3, -0.25) is 9.59 Å². The predicted molar refractivity (Wildman–Crippen MR) is 137 cm³/mol. The fourth-order valence-corrected chi connectivity index (χ4v) is 4.81. The summed E-state index contributed by atoms with van der Waals surface area (Å²) in [6, 6.07) is 10.0. The quantitative estimate of drug-likeness (QED) is 0.322. The Morgan fingerprint density at radius 2 is 1.97 bits per heavy atom. The van der Waals surface area contributed by atoms with Crippen molar-refractivity contribution in [1.29, 1.82) is 0 Å². The number of aryl methyl sites for hydroxylation is 1. The van der Waals surface area contributed by atoms with Crippen molar-refractivity contribution in [3.05, 3.63) is 58.7 Å². The van der Waals surface area contributed by atoms with Gasteiger partial charge in [0.25, 0.3) is 11.7 Å². The zero-order valence-corrected chi connectivity index (χ0v) is 21.4. The molecule has 0 radical (unpaired) electrons. The Bertz CT molecular complexity index is 1170. The molecule has 1 atom stereocenters. The van der Waals surface area contributed by atoms with Crippen molar-refractivity contribution >= 4 is 17.4 Å². The third kappa shape index (κ3) is 5.04. The minimum Gasteiger partial charge on any atom is -0.507 e. The summed E-state index contributed by atoms with van der Waals surface area (Å²) in [5.41, 5.74) is 2.22. The van der Waals surface area contributed by atoms with E-state index in [2.05, 4.69) is 0 Å². The number of Topliss-reactive ketones (excluding diaryl/α,β-unsaturated/α-hetero) is 1. The van der Waals surface area contributed by atoms with Crippen molar-refractivity contribution in [1.82, 2.24) is 9.80 Å². The van der Waals surface area contributed by atoms with E-state index in [0.29, 0.717) is 48.8 Å². The predicted octanol–water partition coefficient (Wildman–Crippen LogP) is 3.79. The van der Waals surface area contributed by atoms with Crippen LogP contribution in [0.5, 0.6) is 17.2 Å². The Labute approximate surface area is 212 Å². The Kier molecular flexibility index (Phi) is 7.84. The van der Waals surface area contributed by atoms with E-state index in [0.717, 1.165) is 30.7 Å². The lowest BCUT2D eigenvalue weighted by atomic mass is 9.93. The molecule has 8 nitrogen and oxygen atoms in total. The molecule has 1 unspecified atom stereocenters. The first kappa shape index (κ1) is 25.6. The van der Waals surface area contributed by atoms with E-state index in [4.69, 9.17) is 14.2 Å². The number of aliphatic hydroxyl groups excluding tert-OH is 1. The smallest absolute Gasteiger partial charge is 0.295 e. The molecule has 0 saturated carbocycles. The molecule has 1 saturated heterocycles. The lowest BCUT2D eigenvalue weighted by Gasteiger charge is -2.26. The van der Waals surface area contributed by atoms with Crippen LogP contribution in [0, 0.1) is 0 Å². The molecule has 8 heteroatoms. The number of methoxy groups -OCH3 is 1. The van der Waals surface area contributed by atoms with Crippen molar-refractivity contribution in [2.24, 2.45) is 0 Å². The number of carbonyl (C=O) groups is 2. The summed E-state index contributed by atoms with van der Waals surface area (Å²) in [7, 11) is 5.47.